The summed E-state index contributed by atoms with van der Waals surface area (Å²) in [5.41, 5.74) is 2.48. The van der Waals surface area contributed by atoms with Gasteiger partial charge in [-0.15, -0.1) is 0 Å². The smallest absolute Gasteiger partial charge is 0.148 e. The number of benzene rings is 1. The average molecular weight is 230 g/mol. The lowest BCUT2D eigenvalue weighted by atomic mass is 10.0. The standard InChI is InChI=1S/C13H18N4/c1-4-14-12(13-15-9-16-17(13)3)11-7-5-6-10(2)8-11/h5-9,12,14H,4H2,1-3H3. The molecule has 17 heavy (non-hydrogen) atoms. The van der Waals surface area contributed by atoms with Crippen LogP contribution in [0.15, 0.2) is 30.6 Å². The van der Waals surface area contributed by atoms with Crippen LogP contribution in [0, 0.1) is 6.92 Å². The molecule has 2 rings (SSSR count). The fraction of sp³-hybridized carbons (Fsp3) is 0.385. The molecule has 1 aromatic heterocycles. The van der Waals surface area contributed by atoms with Gasteiger partial charge in [0.2, 0.25) is 0 Å². The lowest BCUT2D eigenvalue weighted by Crippen LogP contribution is -2.25. The Morgan fingerprint density at radius 2 is 2.24 bits per heavy atom. The van der Waals surface area contributed by atoms with Gasteiger partial charge in [-0.2, -0.15) is 5.10 Å². The third-order valence-electron chi connectivity index (χ3n) is 2.79. The van der Waals surface area contributed by atoms with Gasteiger partial charge in [-0.1, -0.05) is 36.8 Å². The van der Waals surface area contributed by atoms with Gasteiger partial charge in [0.1, 0.15) is 12.2 Å². The van der Waals surface area contributed by atoms with Crippen molar-refractivity contribution in [3.8, 4) is 0 Å². The molecule has 0 aliphatic carbocycles. The zero-order valence-corrected chi connectivity index (χ0v) is 10.5. The average Bonchev–Trinajstić information content (AvgIpc) is 2.72. The molecule has 0 aliphatic heterocycles. The van der Waals surface area contributed by atoms with E-state index in [0.29, 0.717) is 0 Å². The summed E-state index contributed by atoms with van der Waals surface area (Å²) < 4.78 is 1.82. The Morgan fingerprint density at radius 1 is 1.41 bits per heavy atom. The van der Waals surface area contributed by atoms with Crippen molar-refractivity contribution >= 4 is 0 Å². The highest BCUT2D eigenvalue weighted by Crippen LogP contribution is 2.20. The molecule has 0 saturated heterocycles. The summed E-state index contributed by atoms with van der Waals surface area (Å²) in [5.74, 6) is 0.942. The quantitative estimate of drug-likeness (QED) is 0.871. The highest BCUT2D eigenvalue weighted by Gasteiger charge is 2.17. The Bertz CT molecular complexity index is 490. The predicted molar refractivity (Wildman–Crippen MR) is 67.7 cm³/mol. The summed E-state index contributed by atoms with van der Waals surface area (Å²) >= 11 is 0. The van der Waals surface area contributed by atoms with E-state index in [4.69, 9.17) is 0 Å². The van der Waals surface area contributed by atoms with Gasteiger partial charge in [0.25, 0.3) is 0 Å². The maximum absolute atomic E-state index is 4.33. The van der Waals surface area contributed by atoms with E-state index < -0.39 is 0 Å². The van der Waals surface area contributed by atoms with Crippen molar-refractivity contribution in [1.82, 2.24) is 20.1 Å². The van der Waals surface area contributed by atoms with Crippen molar-refractivity contribution in [1.29, 1.82) is 0 Å². The Morgan fingerprint density at radius 3 is 2.82 bits per heavy atom. The molecule has 1 heterocycles. The molecule has 1 aromatic carbocycles. The van der Waals surface area contributed by atoms with E-state index in [1.807, 2.05) is 11.7 Å². The van der Waals surface area contributed by atoms with Crippen LogP contribution < -0.4 is 5.32 Å². The number of rotatable bonds is 4. The zero-order chi connectivity index (χ0) is 12.3. The van der Waals surface area contributed by atoms with Gasteiger partial charge in [0.05, 0.1) is 6.04 Å². The minimum atomic E-state index is 0.104. The topological polar surface area (TPSA) is 42.7 Å². The summed E-state index contributed by atoms with van der Waals surface area (Å²) in [4.78, 5) is 4.33. The van der Waals surface area contributed by atoms with Crippen molar-refractivity contribution in [2.75, 3.05) is 6.54 Å². The lowest BCUT2D eigenvalue weighted by molar-refractivity contribution is 0.559. The molecule has 0 amide bonds. The first-order chi connectivity index (χ1) is 8.22. The molecule has 1 unspecified atom stereocenters. The van der Waals surface area contributed by atoms with Crippen LogP contribution in [0.25, 0.3) is 0 Å². The maximum Gasteiger partial charge on any atom is 0.148 e. The predicted octanol–water partition coefficient (Wildman–Crippen LogP) is 1.82. The van der Waals surface area contributed by atoms with Crippen LogP contribution in [0.1, 0.15) is 29.9 Å². The molecule has 4 heteroatoms. The van der Waals surface area contributed by atoms with Crippen molar-refractivity contribution in [3.63, 3.8) is 0 Å². The largest absolute Gasteiger partial charge is 0.304 e. The van der Waals surface area contributed by atoms with E-state index in [2.05, 4.69) is 53.5 Å². The third kappa shape index (κ3) is 2.53. The summed E-state index contributed by atoms with van der Waals surface area (Å²) in [5, 5.41) is 7.58. The van der Waals surface area contributed by atoms with E-state index in [0.717, 1.165) is 12.4 Å². The molecule has 0 spiro atoms. The van der Waals surface area contributed by atoms with Gasteiger partial charge < -0.3 is 5.32 Å². The first-order valence-corrected chi connectivity index (χ1v) is 5.86. The molecule has 2 aromatic rings. The Hall–Kier alpha value is -1.68. The molecular formula is C13H18N4. The number of nitrogens with zero attached hydrogens (tertiary/aromatic N) is 3. The molecule has 4 nitrogen and oxygen atoms in total. The molecular weight excluding hydrogens is 212 g/mol. The monoisotopic (exact) mass is 230 g/mol. The summed E-state index contributed by atoms with van der Waals surface area (Å²) in [6.45, 7) is 5.09. The van der Waals surface area contributed by atoms with E-state index in [1.165, 1.54) is 11.1 Å². The highest BCUT2D eigenvalue weighted by atomic mass is 15.3. The fourth-order valence-corrected chi connectivity index (χ4v) is 1.98. The van der Waals surface area contributed by atoms with Crippen LogP contribution in [-0.4, -0.2) is 21.3 Å². The Kier molecular flexibility index (Phi) is 3.54. The molecule has 0 aliphatic rings. The van der Waals surface area contributed by atoms with E-state index in [9.17, 15) is 0 Å². The first kappa shape index (κ1) is 11.8. The van der Waals surface area contributed by atoms with E-state index >= 15 is 0 Å². The van der Waals surface area contributed by atoms with Gasteiger partial charge >= 0.3 is 0 Å². The summed E-state index contributed by atoms with van der Waals surface area (Å²) in [6.07, 6.45) is 1.59. The molecule has 1 atom stereocenters. The number of hydrogen-bond acceptors (Lipinski definition) is 3. The molecule has 0 radical (unpaired) electrons. The second-order valence-electron chi connectivity index (χ2n) is 4.15. The molecule has 0 bridgehead atoms. The first-order valence-electron chi connectivity index (χ1n) is 5.86. The van der Waals surface area contributed by atoms with Crippen molar-refractivity contribution in [3.05, 3.63) is 47.5 Å². The third-order valence-corrected chi connectivity index (χ3v) is 2.79. The summed E-state index contributed by atoms with van der Waals surface area (Å²) in [6, 6.07) is 8.58. The van der Waals surface area contributed by atoms with E-state index in [1.54, 1.807) is 6.33 Å². The number of hydrogen-bond donors (Lipinski definition) is 1. The van der Waals surface area contributed by atoms with Crippen molar-refractivity contribution in [2.24, 2.45) is 7.05 Å². The number of nitrogens with one attached hydrogen (secondary N) is 1. The Balaban J connectivity index is 2.39. The second kappa shape index (κ2) is 5.10. The van der Waals surface area contributed by atoms with Crippen LogP contribution in [0.4, 0.5) is 0 Å². The molecule has 0 fully saturated rings. The summed E-state index contributed by atoms with van der Waals surface area (Å²) in [7, 11) is 1.92. The zero-order valence-electron chi connectivity index (χ0n) is 10.5. The van der Waals surface area contributed by atoms with Crippen LogP contribution in [0.3, 0.4) is 0 Å². The van der Waals surface area contributed by atoms with Crippen LogP contribution in [0.5, 0.6) is 0 Å². The van der Waals surface area contributed by atoms with Crippen LogP contribution in [-0.2, 0) is 7.05 Å². The fourth-order valence-electron chi connectivity index (χ4n) is 1.98. The normalized spacial score (nSPS) is 12.6. The maximum atomic E-state index is 4.33. The van der Waals surface area contributed by atoms with Gasteiger partial charge in [0.15, 0.2) is 0 Å². The molecule has 90 valence electrons. The Labute approximate surface area is 102 Å². The SMILES string of the molecule is CCNC(c1cccc(C)c1)c1ncnn1C. The molecule has 0 saturated carbocycles. The van der Waals surface area contributed by atoms with Gasteiger partial charge in [-0.25, -0.2) is 4.98 Å². The minimum Gasteiger partial charge on any atom is -0.304 e. The lowest BCUT2D eigenvalue weighted by Gasteiger charge is -2.17. The highest BCUT2D eigenvalue weighted by molar-refractivity contribution is 5.28. The van der Waals surface area contributed by atoms with Crippen LogP contribution in [0.2, 0.25) is 0 Å². The van der Waals surface area contributed by atoms with Gasteiger partial charge in [-0.3, -0.25) is 4.68 Å². The van der Waals surface area contributed by atoms with Crippen molar-refractivity contribution in [2.45, 2.75) is 19.9 Å². The molecule has 1 N–H and O–H groups in total. The second-order valence-corrected chi connectivity index (χ2v) is 4.15. The van der Waals surface area contributed by atoms with Gasteiger partial charge in [-0.05, 0) is 19.0 Å². The van der Waals surface area contributed by atoms with Crippen molar-refractivity contribution < 1.29 is 0 Å². The van der Waals surface area contributed by atoms with Gasteiger partial charge in [0, 0.05) is 7.05 Å². The minimum absolute atomic E-state index is 0.104. The number of aryl methyl sites for hydroxylation is 2. The van der Waals surface area contributed by atoms with Crippen LogP contribution >= 0.6 is 0 Å². The van der Waals surface area contributed by atoms with E-state index in [-0.39, 0.29) is 6.04 Å². The number of aromatic nitrogens is 3.